The Labute approximate surface area is 170 Å². The van der Waals surface area contributed by atoms with Crippen molar-refractivity contribution in [1.29, 1.82) is 0 Å². The SMILES string of the molecule is COc1cc(C(=O)OCC(=O)c2ccc(S(=O)(=O)N3CCCC3)cc2)ccc1C. The Balaban J connectivity index is 1.63. The van der Waals surface area contributed by atoms with Crippen LogP contribution < -0.4 is 4.74 Å². The highest BCUT2D eigenvalue weighted by Crippen LogP contribution is 2.22. The summed E-state index contributed by atoms with van der Waals surface area (Å²) >= 11 is 0. The van der Waals surface area contributed by atoms with Gasteiger partial charge in [0.25, 0.3) is 0 Å². The second-order valence-corrected chi connectivity index (χ2v) is 8.76. The van der Waals surface area contributed by atoms with Gasteiger partial charge in [0.15, 0.2) is 12.4 Å². The van der Waals surface area contributed by atoms with Crippen LogP contribution in [0.15, 0.2) is 47.4 Å². The zero-order chi connectivity index (χ0) is 21.0. The maximum atomic E-state index is 12.5. The molecule has 0 aliphatic carbocycles. The molecule has 0 bridgehead atoms. The number of Topliss-reactive ketones (excluding diaryl/α,β-unsaturated/α-hetero) is 1. The van der Waals surface area contributed by atoms with Gasteiger partial charge >= 0.3 is 5.97 Å². The van der Waals surface area contributed by atoms with Crippen molar-refractivity contribution in [1.82, 2.24) is 4.31 Å². The number of ketones is 1. The van der Waals surface area contributed by atoms with E-state index in [1.54, 1.807) is 18.2 Å². The normalized spacial score (nSPS) is 14.6. The third kappa shape index (κ3) is 4.65. The lowest BCUT2D eigenvalue weighted by Crippen LogP contribution is -2.27. The molecule has 8 heteroatoms. The lowest BCUT2D eigenvalue weighted by atomic mass is 10.1. The van der Waals surface area contributed by atoms with Crippen LogP contribution >= 0.6 is 0 Å². The van der Waals surface area contributed by atoms with Crippen molar-refractivity contribution in [3.8, 4) is 5.75 Å². The maximum absolute atomic E-state index is 12.5. The van der Waals surface area contributed by atoms with E-state index in [1.165, 1.54) is 35.7 Å². The minimum absolute atomic E-state index is 0.152. The van der Waals surface area contributed by atoms with E-state index in [0.717, 1.165) is 18.4 Å². The largest absolute Gasteiger partial charge is 0.496 e. The number of rotatable bonds is 7. The number of nitrogens with zero attached hydrogens (tertiary/aromatic N) is 1. The van der Waals surface area contributed by atoms with Crippen LogP contribution in [0.3, 0.4) is 0 Å². The first-order valence-corrected chi connectivity index (χ1v) is 10.7. The van der Waals surface area contributed by atoms with Crippen LogP contribution in [-0.4, -0.2) is 51.3 Å². The van der Waals surface area contributed by atoms with Gasteiger partial charge in [-0.05, 0) is 61.7 Å². The van der Waals surface area contributed by atoms with Crippen molar-refractivity contribution >= 4 is 21.8 Å². The summed E-state index contributed by atoms with van der Waals surface area (Å²) in [7, 11) is -2.02. The molecule has 1 aliphatic heterocycles. The highest BCUT2D eigenvalue weighted by Gasteiger charge is 2.27. The van der Waals surface area contributed by atoms with Gasteiger partial charge in [-0.1, -0.05) is 6.07 Å². The Bertz CT molecular complexity index is 1010. The highest BCUT2D eigenvalue weighted by molar-refractivity contribution is 7.89. The molecule has 1 aliphatic rings. The number of carbonyl (C=O) groups excluding carboxylic acids is 2. The fraction of sp³-hybridized carbons (Fsp3) is 0.333. The number of esters is 1. The third-order valence-corrected chi connectivity index (χ3v) is 6.77. The summed E-state index contributed by atoms with van der Waals surface area (Å²) in [6, 6.07) is 10.6. The van der Waals surface area contributed by atoms with Gasteiger partial charge in [0, 0.05) is 18.7 Å². The molecule has 0 unspecified atom stereocenters. The average molecular weight is 417 g/mol. The fourth-order valence-electron chi connectivity index (χ4n) is 3.14. The van der Waals surface area contributed by atoms with E-state index in [9.17, 15) is 18.0 Å². The number of carbonyl (C=O) groups is 2. The van der Waals surface area contributed by atoms with Crippen molar-refractivity contribution in [3.63, 3.8) is 0 Å². The molecule has 7 nitrogen and oxygen atoms in total. The molecule has 0 saturated carbocycles. The number of methoxy groups -OCH3 is 1. The first-order chi connectivity index (χ1) is 13.8. The van der Waals surface area contributed by atoms with Crippen molar-refractivity contribution < 1.29 is 27.5 Å². The molecule has 1 saturated heterocycles. The van der Waals surface area contributed by atoms with Gasteiger partial charge in [0.05, 0.1) is 17.6 Å². The predicted octanol–water partition coefficient (Wildman–Crippen LogP) is 2.83. The molecule has 29 heavy (non-hydrogen) atoms. The predicted molar refractivity (Wildman–Crippen MR) is 107 cm³/mol. The van der Waals surface area contributed by atoms with E-state index in [1.807, 2.05) is 6.92 Å². The summed E-state index contributed by atoms with van der Waals surface area (Å²) in [6.07, 6.45) is 1.71. The highest BCUT2D eigenvalue weighted by atomic mass is 32.2. The van der Waals surface area contributed by atoms with Crippen LogP contribution in [0.1, 0.15) is 39.1 Å². The number of benzene rings is 2. The van der Waals surface area contributed by atoms with Gasteiger partial charge in [-0.2, -0.15) is 4.31 Å². The van der Waals surface area contributed by atoms with Crippen LogP contribution in [0.2, 0.25) is 0 Å². The van der Waals surface area contributed by atoms with Crippen LogP contribution in [0.25, 0.3) is 0 Å². The molecule has 0 spiro atoms. The molecule has 1 fully saturated rings. The van der Waals surface area contributed by atoms with Gasteiger partial charge in [-0.25, -0.2) is 13.2 Å². The molecule has 2 aromatic carbocycles. The third-order valence-electron chi connectivity index (χ3n) is 4.86. The molecular weight excluding hydrogens is 394 g/mol. The van der Waals surface area contributed by atoms with Gasteiger partial charge in [0.1, 0.15) is 5.75 Å². The summed E-state index contributed by atoms with van der Waals surface area (Å²) < 4.78 is 36.8. The number of hydrogen-bond acceptors (Lipinski definition) is 6. The van der Waals surface area contributed by atoms with Crippen molar-refractivity contribution in [2.45, 2.75) is 24.7 Å². The van der Waals surface area contributed by atoms with Crippen LogP contribution in [0, 0.1) is 6.92 Å². The molecule has 0 radical (unpaired) electrons. The average Bonchev–Trinajstić information content (AvgIpc) is 3.28. The Morgan fingerprint density at radius 1 is 1.00 bits per heavy atom. The van der Waals surface area contributed by atoms with E-state index in [2.05, 4.69) is 0 Å². The zero-order valence-corrected chi connectivity index (χ0v) is 17.2. The first-order valence-electron chi connectivity index (χ1n) is 9.28. The number of hydrogen-bond donors (Lipinski definition) is 0. The Hall–Kier alpha value is -2.71. The minimum Gasteiger partial charge on any atom is -0.496 e. The lowest BCUT2D eigenvalue weighted by molar-refractivity contribution is 0.0474. The van der Waals surface area contributed by atoms with Gasteiger partial charge in [-0.3, -0.25) is 4.79 Å². The van der Waals surface area contributed by atoms with Crippen molar-refractivity contribution in [3.05, 3.63) is 59.2 Å². The molecule has 0 atom stereocenters. The van der Waals surface area contributed by atoms with Crippen molar-refractivity contribution in [2.24, 2.45) is 0 Å². The second kappa shape index (κ2) is 8.75. The number of ether oxygens (including phenoxy) is 2. The van der Waals surface area contributed by atoms with Gasteiger partial charge in [0.2, 0.25) is 10.0 Å². The molecule has 1 heterocycles. The van der Waals surface area contributed by atoms with E-state index in [4.69, 9.17) is 9.47 Å². The quantitative estimate of drug-likeness (QED) is 0.508. The van der Waals surface area contributed by atoms with Gasteiger partial charge < -0.3 is 9.47 Å². The molecule has 0 amide bonds. The van der Waals surface area contributed by atoms with E-state index < -0.39 is 28.4 Å². The standard InChI is InChI=1S/C21H23NO6S/c1-15-5-6-17(13-20(15)27-2)21(24)28-14-19(23)16-7-9-18(10-8-16)29(25,26)22-11-3-4-12-22/h5-10,13H,3-4,11-12,14H2,1-2H3. The summed E-state index contributed by atoms with van der Waals surface area (Å²) in [5, 5.41) is 0. The van der Waals surface area contributed by atoms with Crippen molar-refractivity contribution in [2.75, 3.05) is 26.8 Å². The fourth-order valence-corrected chi connectivity index (χ4v) is 4.65. The number of sulfonamides is 1. The van der Waals surface area contributed by atoms with Crippen LogP contribution in [0.5, 0.6) is 5.75 Å². The van der Waals surface area contributed by atoms with Crippen LogP contribution in [-0.2, 0) is 14.8 Å². The molecule has 0 aromatic heterocycles. The topological polar surface area (TPSA) is 90.0 Å². The summed E-state index contributed by atoms with van der Waals surface area (Å²) in [5.41, 5.74) is 1.44. The molecule has 0 N–H and O–H groups in total. The smallest absolute Gasteiger partial charge is 0.338 e. The molecule has 3 rings (SSSR count). The molecular formula is C21H23NO6S. The second-order valence-electron chi connectivity index (χ2n) is 6.82. The summed E-state index contributed by atoms with van der Waals surface area (Å²) in [6.45, 7) is 2.45. The lowest BCUT2D eigenvalue weighted by Gasteiger charge is -2.15. The van der Waals surface area contributed by atoms with E-state index in [-0.39, 0.29) is 16.0 Å². The first kappa shape index (κ1) is 21.0. The zero-order valence-electron chi connectivity index (χ0n) is 16.4. The monoisotopic (exact) mass is 417 g/mol. The summed E-state index contributed by atoms with van der Waals surface area (Å²) in [5.74, 6) is -0.493. The number of aryl methyl sites for hydroxylation is 1. The Morgan fingerprint density at radius 3 is 2.24 bits per heavy atom. The Kier molecular flexibility index (Phi) is 6.34. The van der Waals surface area contributed by atoms with E-state index >= 15 is 0 Å². The summed E-state index contributed by atoms with van der Waals surface area (Å²) in [4.78, 5) is 24.6. The molecule has 2 aromatic rings. The van der Waals surface area contributed by atoms with Crippen LogP contribution in [0.4, 0.5) is 0 Å². The van der Waals surface area contributed by atoms with E-state index in [0.29, 0.717) is 18.8 Å². The van der Waals surface area contributed by atoms with Gasteiger partial charge in [-0.15, -0.1) is 0 Å². The minimum atomic E-state index is -3.53. The Morgan fingerprint density at radius 2 is 1.62 bits per heavy atom. The maximum Gasteiger partial charge on any atom is 0.338 e. The molecule has 154 valence electrons.